The number of hydrogen-bond donors (Lipinski definition) is 1. The third-order valence-corrected chi connectivity index (χ3v) is 3.28. The normalized spacial score (nSPS) is 16.4. The smallest absolute Gasteiger partial charge is 0.166 e. The molecule has 0 spiro atoms. The van der Waals surface area contributed by atoms with Gasteiger partial charge in [-0.2, -0.15) is 0 Å². The number of methoxy groups -OCH3 is 3. The molecule has 1 N–H and O–H groups in total. The van der Waals surface area contributed by atoms with Crippen molar-refractivity contribution >= 4 is 0 Å². The molecule has 18 heavy (non-hydrogen) atoms. The first-order chi connectivity index (χ1) is 8.61. The van der Waals surface area contributed by atoms with Crippen LogP contribution in [-0.4, -0.2) is 32.0 Å². The monoisotopic (exact) mass is 252 g/mol. The molecule has 0 bridgehead atoms. The summed E-state index contributed by atoms with van der Waals surface area (Å²) in [6.45, 7) is 0.464. The molecule has 0 aromatic heterocycles. The largest absolute Gasteiger partial charge is 0.493 e. The molecule has 0 heterocycles. The fourth-order valence-corrected chi connectivity index (χ4v) is 2.17. The topological polar surface area (TPSA) is 47.9 Å². The van der Waals surface area contributed by atoms with Crippen LogP contribution in [0.3, 0.4) is 0 Å². The van der Waals surface area contributed by atoms with E-state index in [-0.39, 0.29) is 0 Å². The van der Waals surface area contributed by atoms with E-state index in [1.807, 2.05) is 12.1 Å². The molecule has 1 aliphatic carbocycles. The van der Waals surface area contributed by atoms with Gasteiger partial charge in [-0.1, -0.05) is 0 Å². The average molecular weight is 252 g/mol. The van der Waals surface area contributed by atoms with E-state index in [0.29, 0.717) is 24.5 Å². The van der Waals surface area contributed by atoms with E-state index < -0.39 is 5.60 Å². The van der Waals surface area contributed by atoms with E-state index in [1.165, 1.54) is 0 Å². The van der Waals surface area contributed by atoms with Crippen LogP contribution in [0.5, 0.6) is 11.5 Å². The summed E-state index contributed by atoms with van der Waals surface area (Å²) in [5, 5.41) is 9.99. The van der Waals surface area contributed by atoms with Gasteiger partial charge in [0.2, 0.25) is 0 Å². The highest BCUT2D eigenvalue weighted by Gasteiger charge is 2.40. The highest BCUT2D eigenvalue weighted by atomic mass is 16.5. The number of ether oxygens (including phenoxy) is 3. The zero-order valence-electron chi connectivity index (χ0n) is 11.2. The highest BCUT2D eigenvalue weighted by molar-refractivity contribution is 5.49. The third kappa shape index (κ3) is 2.76. The van der Waals surface area contributed by atoms with E-state index in [2.05, 4.69) is 0 Å². The van der Waals surface area contributed by atoms with Crippen molar-refractivity contribution in [2.45, 2.75) is 31.5 Å². The van der Waals surface area contributed by atoms with Crippen molar-refractivity contribution in [3.8, 4) is 11.5 Å². The summed E-state index contributed by atoms with van der Waals surface area (Å²) < 4.78 is 15.9. The Morgan fingerprint density at radius 2 is 1.89 bits per heavy atom. The molecule has 1 aromatic rings. The first kappa shape index (κ1) is 13.2. The highest BCUT2D eigenvalue weighted by Crippen LogP contribution is 2.40. The molecule has 4 nitrogen and oxygen atoms in total. The molecule has 0 amide bonds. The Hall–Kier alpha value is -1.26. The van der Waals surface area contributed by atoms with Gasteiger partial charge in [-0.15, -0.1) is 0 Å². The van der Waals surface area contributed by atoms with Crippen LogP contribution in [-0.2, 0) is 17.8 Å². The minimum Gasteiger partial charge on any atom is -0.493 e. The lowest BCUT2D eigenvalue weighted by atomic mass is 10.0. The van der Waals surface area contributed by atoms with E-state index in [1.54, 1.807) is 21.3 Å². The van der Waals surface area contributed by atoms with Crippen molar-refractivity contribution < 1.29 is 19.3 Å². The van der Waals surface area contributed by atoms with Crippen molar-refractivity contribution in [1.29, 1.82) is 0 Å². The quantitative estimate of drug-likeness (QED) is 0.840. The zero-order valence-corrected chi connectivity index (χ0v) is 11.2. The third-order valence-electron chi connectivity index (χ3n) is 3.28. The Morgan fingerprint density at radius 1 is 1.17 bits per heavy atom. The molecule has 4 heteroatoms. The van der Waals surface area contributed by atoms with Crippen molar-refractivity contribution in [2.24, 2.45) is 0 Å². The Balaban J connectivity index is 2.32. The number of rotatable bonds is 6. The van der Waals surface area contributed by atoms with Crippen molar-refractivity contribution in [3.05, 3.63) is 23.3 Å². The van der Waals surface area contributed by atoms with Gasteiger partial charge < -0.3 is 19.3 Å². The van der Waals surface area contributed by atoms with E-state index in [0.717, 1.165) is 24.0 Å². The maximum atomic E-state index is 9.99. The van der Waals surface area contributed by atoms with E-state index in [9.17, 15) is 5.11 Å². The second-order valence-electron chi connectivity index (χ2n) is 4.82. The Kier molecular flexibility index (Phi) is 3.78. The van der Waals surface area contributed by atoms with Gasteiger partial charge >= 0.3 is 0 Å². The SMILES string of the molecule is COCc1cc(CC2(O)CC2)cc(OC)c1OC. The number of hydrogen-bond acceptors (Lipinski definition) is 4. The van der Waals surface area contributed by atoms with Gasteiger partial charge in [0.05, 0.1) is 26.4 Å². The van der Waals surface area contributed by atoms with Crippen LogP contribution in [0.2, 0.25) is 0 Å². The zero-order chi connectivity index (χ0) is 13.2. The van der Waals surface area contributed by atoms with Gasteiger partial charge in [0.15, 0.2) is 11.5 Å². The summed E-state index contributed by atoms with van der Waals surface area (Å²) in [4.78, 5) is 0. The summed E-state index contributed by atoms with van der Waals surface area (Å²) in [7, 11) is 4.88. The van der Waals surface area contributed by atoms with Crippen LogP contribution in [0.1, 0.15) is 24.0 Å². The standard InChI is InChI=1S/C14H20O4/c1-16-9-11-6-10(8-14(15)4-5-14)7-12(17-2)13(11)18-3/h6-7,15H,4-5,8-9H2,1-3H3. The Bertz CT molecular complexity index is 424. The molecule has 1 aliphatic rings. The molecule has 0 atom stereocenters. The molecular formula is C14H20O4. The lowest BCUT2D eigenvalue weighted by molar-refractivity contribution is 0.150. The minimum atomic E-state index is -0.510. The molecule has 0 unspecified atom stereocenters. The van der Waals surface area contributed by atoms with Crippen LogP contribution >= 0.6 is 0 Å². The van der Waals surface area contributed by atoms with Crippen LogP contribution < -0.4 is 9.47 Å². The van der Waals surface area contributed by atoms with Gasteiger partial charge in [-0.3, -0.25) is 0 Å². The Morgan fingerprint density at radius 3 is 2.39 bits per heavy atom. The summed E-state index contributed by atoms with van der Waals surface area (Å²) in [5.74, 6) is 1.39. The molecular weight excluding hydrogens is 232 g/mol. The molecule has 0 aliphatic heterocycles. The predicted octanol–water partition coefficient (Wildman–Crippen LogP) is 1.92. The maximum Gasteiger partial charge on any atom is 0.166 e. The number of benzene rings is 1. The van der Waals surface area contributed by atoms with Crippen LogP contribution in [0.15, 0.2) is 12.1 Å². The van der Waals surface area contributed by atoms with Crippen molar-refractivity contribution in [1.82, 2.24) is 0 Å². The Labute approximate surface area is 107 Å². The average Bonchev–Trinajstić information content (AvgIpc) is 3.06. The van der Waals surface area contributed by atoms with Gasteiger partial charge in [0.25, 0.3) is 0 Å². The second kappa shape index (κ2) is 5.16. The van der Waals surface area contributed by atoms with Crippen molar-refractivity contribution in [3.63, 3.8) is 0 Å². The molecule has 0 radical (unpaired) electrons. The van der Waals surface area contributed by atoms with E-state index in [4.69, 9.17) is 14.2 Å². The first-order valence-electron chi connectivity index (χ1n) is 6.07. The first-order valence-corrected chi connectivity index (χ1v) is 6.07. The maximum absolute atomic E-state index is 9.99. The summed E-state index contributed by atoms with van der Waals surface area (Å²) in [6, 6.07) is 3.94. The molecule has 0 saturated heterocycles. The molecule has 1 saturated carbocycles. The lowest BCUT2D eigenvalue weighted by Gasteiger charge is -2.16. The van der Waals surface area contributed by atoms with Gasteiger partial charge in [-0.05, 0) is 30.5 Å². The summed E-state index contributed by atoms with van der Waals surface area (Å²) >= 11 is 0. The van der Waals surface area contributed by atoms with Gasteiger partial charge in [-0.25, -0.2) is 0 Å². The predicted molar refractivity (Wildman–Crippen MR) is 68.1 cm³/mol. The second-order valence-corrected chi connectivity index (χ2v) is 4.82. The summed E-state index contributed by atoms with van der Waals surface area (Å²) in [5.41, 5.74) is 1.49. The lowest BCUT2D eigenvalue weighted by Crippen LogP contribution is -2.11. The number of aliphatic hydroxyl groups is 1. The van der Waals surface area contributed by atoms with E-state index >= 15 is 0 Å². The fourth-order valence-electron chi connectivity index (χ4n) is 2.17. The van der Waals surface area contributed by atoms with Gasteiger partial charge in [0, 0.05) is 19.1 Å². The van der Waals surface area contributed by atoms with Crippen LogP contribution in [0.25, 0.3) is 0 Å². The molecule has 2 rings (SSSR count). The minimum absolute atomic E-state index is 0.464. The summed E-state index contributed by atoms with van der Waals surface area (Å²) in [6.07, 6.45) is 2.41. The molecule has 1 aromatic carbocycles. The fraction of sp³-hybridized carbons (Fsp3) is 0.571. The molecule has 1 fully saturated rings. The van der Waals surface area contributed by atoms with Gasteiger partial charge in [0.1, 0.15) is 0 Å². The van der Waals surface area contributed by atoms with Crippen LogP contribution in [0, 0.1) is 0 Å². The van der Waals surface area contributed by atoms with Crippen molar-refractivity contribution in [2.75, 3.05) is 21.3 Å². The van der Waals surface area contributed by atoms with Crippen LogP contribution in [0.4, 0.5) is 0 Å². The molecule has 100 valence electrons.